The molecule has 3 rings (SSSR count). The van der Waals surface area contributed by atoms with Gasteiger partial charge in [-0.15, -0.1) is 0 Å². The number of rotatable bonds is 7. The van der Waals surface area contributed by atoms with Crippen molar-refractivity contribution in [3.05, 3.63) is 59.3 Å². The minimum atomic E-state index is -0.692. The van der Waals surface area contributed by atoms with E-state index in [-0.39, 0.29) is 30.8 Å². The van der Waals surface area contributed by atoms with Gasteiger partial charge in [-0.05, 0) is 36.1 Å². The minimum Gasteiger partial charge on any atom is -0.481 e. The molecule has 0 radical (unpaired) electrons. The first kappa shape index (κ1) is 24.6. The first-order valence-electron chi connectivity index (χ1n) is 11.0. The summed E-state index contributed by atoms with van der Waals surface area (Å²) in [6.07, 6.45) is 3.99. The highest BCUT2D eigenvalue weighted by Gasteiger charge is 2.27. The summed E-state index contributed by atoms with van der Waals surface area (Å²) in [6, 6.07) is 6.97. The van der Waals surface area contributed by atoms with Crippen LogP contribution in [0.3, 0.4) is 0 Å². The first-order chi connectivity index (χ1) is 15.8. The summed E-state index contributed by atoms with van der Waals surface area (Å²) in [5.74, 6) is -1.70. The Balaban J connectivity index is 1.54. The lowest BCUT2D eigenvalue weighted by Gasteiger charge is -2.24. The normalized spacial score (nSPS) is 19.4. The Bertz CT molecular complexity index is 935. The number of halogens is 2. The SMILES string of the molecule is COc1ccc(CNC2CCCC(C(=O)NCc3cc(F)cc(F)c3)CC(=O)N(C)C2)cn1. The molecule has 2 unspecified atom stereocenters. The summed E-state index contributed by atoms with van der Waals surface area (Å²) < 4.78 is 31.8. The third-order valence-electron chi connectivity index (χ3n) is 5.81. The monoisotopic (exact) mass is 460 g/mol. The second-order valence-electron chi connectivity index (χ2n) is 8.39. The number of carbonyl (C=O) groups is 2. The predicted octanol–water partition coefficient (Wildman–Crippen LogP) is 2.79. The van der Waals surface area contributed by atoms with Crippen LogP contribution in [0.15, 0.2) is 36.5 Å². The van der Waals surface area contributed by atoms with Crippen molar-refractivity contribution in [2.75, 3.05) is 20.7 Å². The fourth-order valence-corrected chi connectivity index (χ4v) is 3.94. The number of methoxy groups -OCH3 is 1. The van der Waals surface area contributed by atoms with Gasteiger partial charge < -0.3 is 20.3 Å². The molecule has 0 saturated carbocycles. The van der Waals surface area contributed by atoms with E-state index >= 15 is 0 Å². The van der Waals surface area contributed by atoms with Crippen molar-refractivity contribution >= 4 is 11.8 Å². The van der Waals surface area contributed by atoms with Gasteiger partial charge in [0.25, 0.3) is 0 Å². The lowest BCUT2D eigenvalue weighted by molar-refractivity contribution is -0.135. The standard InChI is InChI=1S/C24H30F2N4O3/c1-30-15-21(27-12-16-6-7-22(33-2)28-13-16)5-3-4-18(10-23(30)31)24(32)29-14-17-8-19(25)11-20(26)9-17/h6-9,11,13,18,21,27H,3-5,10,12,14-15H2,1-2H3,(H,29,32). The van der Waals surface area contributed by atoms with Crippen LogP contribution in [0.25, 0.3) is 0 Å². The molecule has 0 aliphatic carbocycles. The molecule has 9 heteroatoms. The molecule has 1 aliphatic heterocycles. The van der Waals surface area contributed by atoms with Crippen LogP contribution in [-0.2, 0) is 22.7 Å². The molecule has 2 heterocycles. The van der Waals surface area contributed by atoms with Crippen molar-refractivity contribution in [3.63, 3.8) is 0 Å². The van der Waals surface area contributed by atoms with Crippen molar-refractivity contribution in [3.8, 4) is 5.88 Å². The number of amides is 2. The summed E-state index contributed by atoms with van der Waals surface area (Å²) in [5, 5.41) is 6.20. The van der Waals surface area contributed by atoms with E-state index in [9.17, 15) is 18.4 Å². The quantitative estimate of drug-likeness (QED) is 0.664. The number of aromatic nitrogens is 1. The molecule has 1 saturated heterocycles. The second kappa shape index (κ2) is 11.7. The van der Waals surface area contributed by atoms with Gasteiger partial charge in [-0.3, -0.25) is 9.59 Å². The number of likely N-dealkylation sites (N-methyl/N-ethyl adjacent to an activating group) is 1. The number of hydrogen-bond donors (Lipinski definition) is 2. The largest absolute Gasteiger partial charge is 0.481 e. The number of pyridine rings is 1. The highest BCUT2D eigenvalue weighted by molar-refractivity contribution is 5.85. The smallest absolute Gasteiger partial charge is 0.223 e. The molecule has 33 heavy (non-hydrogen) atoms. The van der Waals surface area contributed by atoms with Gasteiger partial charge in [0, 0.05) is 63.4 Å². The summed E-state index contributed by atoms with van der Waals surface area (Å²) >= 11 is 0. The molecule has 178 valence electrons. The summed E-state index contributed by atoms with van der Waals surface area (Å²) in [7, 11) is 3.31. The Morgan fingerprint density at radius 3 is 2.58 bits per heavy atom. The Kier molecular flexibility index (Phi) is 8.71. The number of hydrogen-bond acceptors (Lipinski definition) is 5. The zero-order chi connectivity index (χ0) is 23.8. The van der Waals surface area contributed by atoms with Gasteiger partial charge in [0.2, 0.25) is 17.7 Å². The van der Waals surface area contributed by atoms with Crippen LogP contribution in [0.1, 0.15) is 36.8 Å². The molecule has 0 spiro atoms. The van der Waals surface area contributed by atoms with Gasteiger partial charge in [-0.25, -0.2) is 13.8 Å². The zero-order valence-electron chi connectivity index (χ0n) is 18.9. The molecule has 7 nitrogen and oxygen atoms in total. The molecular formula is C24H30F2N4O3. The minimum absolute atomic E-state index is 0.00806. The molecule has 1 fully saturated rings. The average Bonchev–Trinajstić information content (AvgIpc) is 2.85. The summed E-state index contributed by atoms with van der Waals surface area (Å²) in [4.78, 5) is 31.2. The van der Waals surface area contributed by atoms with E-state index in [1.165, 1.54) is 12.1 Å². The summed E-state index contributed by atoms with van der Waals surface area (Å²) in [6.45, 7) is 1.16. The molecule has 1 aromatic heterocycles. The number of benzene rings is 1. The van der Waals surface area contributed by atoms with E-state index in [0.29, 0.717) is 31.0 Å². The number of nitrogens with zero attached hydrogens (tertiary/aromatic N) is 2. The average molecular weight is 461 g/mol. The predicted molar refractivity (Wildman–Crippen MR) is 119 cm³/mol. The second-order valence-corrected chi connectivity index (χ2v) is 8.39. The van der Waals surface area contributed by atoms with Gasteiger partial charge in [-0.2, -0.15) is 0 Å². The van der Waals surface area contributed by atoms with Crippen molar-refractivity contribution < 1.29 is 23.1 Å². The molecule has 0 bridgehead atoms. The lowest BCUT2D eigenvalue weighted by atomic mass is 9.96. The molecule has 2 N–H and O–H groups in total. The van der Waals surface area contributed by atoms with Crippen molar-refractivity contribution in [1.29, 1.82) is 0 Å². The highest BCUT2D eigenvalue weighted by atomic mass is 19.1. The summed E-state index contributed by atoms with van der Waals surface area (Å²) in [5.41, 5.74) is 1.35. The molecule has 2 atom stereocenters. The van der Waals surface area contributed by atoms with E-state index in [1.54, 1.807) is 31.3 Å². The van der Waals surface area contributed by atoms with Crippen molar-refractivity contribution in [2.24, 2.45) is 5.92 Å². The zero-order valence-corrected chi connectivity index (χ0v) is 18.9. The number of ether oxygens (including phenoxy) is 1. The third-order valence-corrected chi connectivity index (χ3v) is 5.81. The molecule has 1 aliphatic rings. The van der Waals surface area contributed by atoms with E-state index in [1.807, 2.05) is 6.07 Å². The lowest BCUT2D eigenvalue weighted by Crippen LogP contribution is -2.41. The third kappa shape index (κ3) is 7.49. The van der Waals surface area contributed by atoms with Crippen LogP contribution in [0.5, 0.6) is 5.88 Å². The maximum Gasteiger partial charge on any atom is 0.223 e. The van der Waals surface area contributed by atoms with Gasteiger partial charge in [0.05, 0.1) is 7.11 Å². The first-order valence-corrected chi connectivity index (χ1v) is 11.0. The van der Waals surface area contributed by atoms with Crippen LogP contribution < -0.4 is 15.4 Å². The van der Waals surface area contributed by atoms with Crippen LogP contribution in [0.2, 0.25) is 0 Å². The fourth-order valence-electron chi connectivity index (χ4n) is 3.94. The Hall–Kier alpha value is -3.07. The van der Waals surface area contributed by atoms with E-state index < -0.39 is 17.6 Å². The highest BCUT2D eigenvalue weighted by Crippen LogP contribution is 2.19. The van der Waals surface area contributed by atoms with Gasteiger partial charge in [0.1, 0.15) is 11.6 Å². The maximum absolute atomic E-state index is 13.4. The van der Waals surface area contributed by atoms with Crippen molar-refractivity contribution in [1.82, 2.24) is 20.5 Å². The van der Waals surface area contributed by atoms with E-state index in [2.05, 4.69) is 15.6 Å². The van der Waals surface area contributed by atoms with Crippen LogP contribution in [0, 0.1) is 17.6 Å². The molecular weight excluding hydrogens is 430 g/mol. The molecule has 2 aromatic rings. The number of nitrogens with one attached hydrogen (secondary N) is 2. The van der Waals surface area contributed by atoms with Crippen LogP contribution in [0.4, 0.5) is 8.78 Å². The topological polar surface area (TPSA) is 83.6 Å². The van der Waals surface area contributed by atoms with Crippen LogP contribution in [-0.4, -0.2) is 48.4 Å². The van der Waals surface area contributed by atoms with Crippen LogP contribution >= 0.6 is 0 Å². The fraction of sp³-hybridized carbons (Fsp3) is 0.458. The van der Waals surface area contributed by atoms with E-state index in [4.69, 9.17) is 4.74 Å². The van der Waals surface area contributed by atoms with Gasteiger partial charge in [-0.1, -0.05) is 12.5 Å². The molecule has 2 amide bonds. The Morgan fingerprint density at radius 1 is 1.15 bits per heavy atom. The molecule has 1 aromatic carbocycles. The van der Waals surface area contributed by atoms with E-state index in [0.717, 1.165) is 24.5 Å². The maximum atomic E-state index is 13.4. The Morgan fingerprint density at radius 2 is 1.91 bits per heavy atom. The number of carbonyl (C=O) groups excluding carboxylic acids is 2. The Labute approximate surface area is 192 Å². The van der Waals surface area contributed by atoms with Crippen molar-refractivity contribution in [2.45, 2.75) is 44.8 Å². The van der Waals surface area contributed by atoms with Gasteiger partial charge in [0.15, 0.2) is 0 Å². The van der Waals surface area contributed by atoms with Gasteiger partial charge >= 0.3 is 0 Å².